The highest BCUT2D eigenvalue weighted by Crippen LogP contribution is 2.39. The van der Waals surface area contributed by atoms with Gasteiger partial charge in [0.05, 0.1) is 36.1 Å². The molecule has 4 aromatic rings. The van der Waals surface area contributed by atoms with Gasteiger partial charge < -0.3 is 29.7 Å². The van der Waals surface area contributed by atoms with Gasteiger partial charge >= 0.3 is 0 Å². The Morgan fingerprint density at radius 2 is 1.89 bits per heavy atom. The van der Waals surface area contributed by atoms with Crippen LogP contribution in [0.5, 0.6) is 5.75 Å². The number of fused-ring (bicyclic) bond motifs is 1. The first kappa shape index (κ1) is 24.3. The maximum Gasteiger partial charge on any atom is 0.247 e. The van der Waals surface area contributed by atoms with Crippen LogP contribution >= 0.6 is 0 Å². The van der Waals surface area contributed by atoms with E-state index < -0.39 is 0 Å². The first-order valence-electron chi connectivity index (χ1n) is 12.0. The van der Waals surface area contributed by atoms with Crippen LogP contribution in [0.2, 0.25) is 0 Å². The highest BCUT2D eigenvalue weighted by Gasteiger charge is 2.22. The van der Waals surface area contributed by atoms with Crippen molar-refractivity contribution in [2.24, 2.45) is 14.1 Å². The summed E-state index contributed by atoms with van der Waals surface area (Å²) >= 11 is 0. The van der Waals surface area contributed by atoms with Crippen LogP contribution in [0, 0.1) is 0 Å². The number of anilines is 4. The maximum atomic E-state index is 12.3. The van der Waals surface area contributed by atoms with Crippen molar-refractivity contribution in [3.05, 3.63) is 49.4 Å². The van der Waals surface area contributed by atoms with Crippen LogP contribution in [0.15, 0.2) is 49.4 Å². The number of nitrogens with one attached hydrogen (secondary N) is 2. The van der Waals surface area contributed by atoms with Crippen LogP contribution in [0.25, 0.3) is 22.3 Å². The number of methoxy groups -OCH3 is 1. The van der Waals surface area contributed by atoms with E-state index in [-0.39, 0.29) is 5.91 Å². The van der Waals surface area contributed by atoms with Crippen LogP contribution in [-0.4, -0.2) is 75.5 Å². The van der Waals surface area contributed by atoms with Gasteiger partial charge in [-0.05, 0) is 25.3 Å². The number of benzene rings is 1. The van der Waals surface area contributed by atoms with E-state index >= 15 is 0 Å². The van der Waals surface area contributed by atoms with Crippen molar-refractivity contribution in [2.45, 2.75) is 0 Å². The van der Waals surface area contributed by atoms with Gasteiger partial charge in [0.2, 0.25) is 11.9 Å². The number of ether oxygens (including phenoxy) is 1. The normalized spacial score (nSPS) is 14.1. The molecule has 1 aromatic carbocycles. The highest BCUT2D eigenvalue weighted by molar-refractivity contribution is 6.02. The first-order chi connectivity index (χ1) is 17.9. The molecule has 0 aliphatic carbocycles. The quantitative estimate of drug-likeness (QED) is 0.373. The minimum atomic E-state index is -0.285. The molecular weight excluding hydrogens is 470 g/mol. The molecule has 0 atom stereocenters. The fourth-order valence-corrected chi connectivity index (χ4v) is 4.51. The van der Waals surface area contributed by atoms with Gasteiger partial charge in [-0.25, -0.2) is 4.98 Å². The SMILES string of the molecule is C=CC(=O)Nc1cc(Nc2nc(-c3cnn(C)c3)c3ccn(C)c3n2)c(OC)cc1N1CCN(C)CC1. The van der Waals surface area contributed by atoms with Crippen LogP contribution in [0.4, 0.5) is 23.0 Å². The van der Waals surface area contributed by atoms with E-state index in [1.54, 1.807) is 18.0 Å². The second-order valence-electron chi connectivity index (χ2n) is 9.14. The minimum absolute atomic E-state index is 0.285. The lowest BCUT2D eigenvalue weighted by molar-refractivity contribution is -0.111. The summed E-state index contributed by atoms with van der Waals surface area (Å²) in [6.07, 6.45) is 6.93. The number of rotatable bonds is 7. The third-order valence-corrected chi connectivity index (χ3v) is 6.55. The van der Waals surface area contributed by atoms with Gasteiger partial charge in [-0.2, -0.15) is 10.1 Å². The monoisotopic (exact) mass is 501 g/mol. The second-order valence-corrected chi connectivity index (χ2v) is 9.14. The number of nitrogens with zero attached hydrogens (tertiary/aromatic N) is 7. The molecule has 1 amide bonds. The largest absolute Gasteiger partial charge is 0.494 e. The minimum Gasteiger partial charge on any atom is -0.494 e. The van der Waals surface area contributed by atoms with Crippen molar-refractivity contribution in [3.63, 3.8) is 0 Å². The fourth-order valence-electron chi connectivity index (χ4n) is 4.51. The lowest BCUT2D eigenvalue weighted by Crippen LogP contribution is -2.44. The second kappa shape index (κ2) is 9.94. The van der Waals surface area contributed by atoms with Crippen LogP contribution in [0.1, 0.15) is 0 Å². The lowest BCUT2D eigenvalue weighted by Gasteiger charge is -2.35. The summed E-state index contributed by atoms with van der Waals surface area (Å²) in [7, 11) is 7.55. The van der Waals surface area contributed by atoms with Gasteiger partial charge in [0, 0.05) is 69.7 Å². The molecule has 0 saturated carbocycles. The molecule has 0 radical (unpaired) electrons. The lowest BCUT2D eigenvalue weighted by atomic mass is 10.1. The third-order valence-electron chi connectivity index (χ3n) is 6.55. The summed E-state index contributed by atoms with van der Waals surface area (Å²) in [5.74, 6) is 0.732. The molecule has 1 aliphatic heterocycles. The molecular formula is C26H31N9O2. The number of likely N-dealkylation sites (N-methyl/N-ethyl adjacent to an activating group) is 1. The van der Waals surface area contributed by atoms with Gasteiger partial charge in [-0.15, -0.1) is 0 Å². The summed E-state index contributed by atoms with van der Waals surface area (Å²) in [5, 5.41) is 11.5. The Bertz CT molecular complexity index is 1460. The summed E-state index contributed by atoms with van der Waals surface area (Å²) < 4.78 is 9.46. The van der Waals surface area contributed by atoms with Gasteiger partial charge in [-0.3, -0.25) is 9.48 Å². The molecule has 1 saturated heterocycles. The summed E-state index contributed by atoms with van der Waals surface area (Å²) in [6.45, 7) is 7.14. The van der Waals surface area contributed by atoms with E-state index in [0.29, 0.717) is 23.1 Å². The Morgan fingerprint density at radius 3 is 2.57 bits per heavy atom. The molecule has 0 bridgehead atoms. The number of carbonyl (C=O) groups is 1. The molecule has 11 nitrogen and oxygen atoms in total. The van der Waals surface area contributed by atoms with E-state index in [1.807, 2.05) is 49.3 Å². The van der Waals surface area contributed by atoms with E-state index in [9.17, 15) is 4.79 Å². The molecule has 3 aromatic heterocycles. The van der Waals surface area contributed by atoms with E-state index in [1.165, 1.54) is 6.08 Å². The zero-order valence-corrected chi connectivity index (χ0v) is 21.5. The van der Waals surface area contributed by atoms with Crippen LogP contribution in [0.3, 0.4) is 0 Å². The number of aromatic nitrogens is 5. The Balaban J connectivity index is 1.58. The first-order valence-corrected chi connectivity index (χ1v) is 12.0. The highest BCUT2D eigenvalue weighted by atomic mass is 16.5. The molecule has 37 heavy (non-hydrogen) atoms. The molecule has 2 N–H and O–H groups in total. The average Bonchev–Trinajstić information content (AvgIpc) is 3.50. The molecule has 4 heterocycles. The van der Waals surface area contributed by atoms with E-state index in [2.05, 4.69) is 39.2 Å². The smallest absolute Gasteiger partial charge is 0.247 e. The van der Waals surface area contributed by atoms with Gasteiger partial charge in [0.25, 0.3) is 0 Å². The Labute approximate surface area is 215 Å². The van der Waals surface area contributed by atoms with Crippen molar-refractivity contribution >= 4 is 40.0 Å². The number of amides is 1. The van der Waals surface area contributed by atoms with Crippen molar-refractivity contribution in [3.8, 4) is 17.0 Å². The molecule has 1 aliphatic rings. The predicted octanol–water partition coefficient (Wildman–Crippen LogP) is 3.00. The van der Waals surface area contributed by atoms with Crippen molar-refractivity contribution < 1.29 is 9.53 Å². The number of aryl methyl sites for hydroxylation is 2. The summed E-state index contributed by atoms with van der Waals surface area (Å²) in [5.41, 5.74) is 4.62. The predicted molar refractivity (Wildman–Crippen MR) is 146 cm³/mol. The van der Waals surface area contributed by atoms with Gasteiger partial charge in [0.1, 0.15) is 11.4 Å². The molecule has 1 fully saturated rings. The zero-order valence-electron chi connectivity index (χ0n) is 21.5. The molecule has 0 spiro atoms. The standard InChI is InChI=1S/C26H31N9O2/c1-6-23(36)28-19-13-20(22(37-5)14-21(19)35-11-9-32(2)10-12-35)29-26-30-24(17-15-27-34(4)16-17)18-7-8-33(3)25(18)31-26/h6-8,13-16H,1,9-12H2,2-5H3,(H,28,36)(H,29,30,31). The number of hydrogen-bond donors (Lipinski definition) is 2. The number of piperazine rings is 1. The van der Waals surface area contributed by atoms with E-state index in [4.69, 9.17) is 14.7 Å². The maximum absolute atomic E-state index is 12.3. The molecule has 192 valence electrons. The third kappa shape index (κ3) is 4.85. The fraction of sp³-hybridized carbons (Fsp3) is 0.308. The Hall–Kier alpha value is -4.38. The molecule has 5 rings (SSSR count). The zero-order chi connectivity index (χ0) is 26.1. The van der Waals surface area contributed by atoms with Crippen molar-refractivity contribution in [2.75, 3.05) is 55.9 Å². The summed E-state index contributed by atoms with van der Waals surface area (Å²) in [4.78, 5) is 26.4. The average molecular weight is 502 g/mol. The Morgan fingerprint density at radius 1 is 1.11 bits per heavy atom. The van der Waals surface area contributed by atoms with Gasteiger partial charge in [-0.1, -0.05) is 6.58 Å². The van der Waals surface area contributed by atoms with Gasteiger partial charge in [0.15, 0.2) is 0 Å². The van der Waals surface area contributed by atoms with Crippen molar-refractivity contribution in [1.29, 1.82) is 0 Å². The van der Waals surface area contributed by atoms with Crippen LogP contribution < -0.4 is 20.3 Å². The topological polar surface area (TPSA) is 105 Å². The summed E-state index contributed by atoms with van der Waals surface area (Å²) in [6, 6.07) is 5.79. The number of carbonyl (C=O) groups excluding carboxylic acids is 1. The van der Waals surface area contributed by atoms with Crippen molar-refractivity contribution in [1.82, 2.24) is 29.2 Å². The Kier molecular flexibility index (Phi) is 6.53. The molecule has 11 heteroatoms. The molecule has 0 unspecified atom stereocenters. The van der Waals surface area contributed by atoms with Crippen LogP contribution in [-0.2, 0) is 18.9 Å². The van der Waals surface area contributed by atoms with E-state index in [0.717, 1.165) is 54.2 Å². The number of hydrogen-bond acceptors (Lipinski definition) is 8.